The maximum Gasteiger partial charge on any atom is 0.303 e. The summed E-state index contributed by atoms with van der Waals surface area (Å²) in [6.07, 6.45) is 4.56. The number of aryl methyl sites for hydroxylation is 2. The second-order valence-electron chi connectivity index (χ2n) is 5.95. The molecule has 2 aromatic carbocycles. The van der Waals surface area contributed by atoms with Gasteiger partial charge in [-0.3, -0.25) is 4.79 Å². The van der Waals surface area contributed by atoms with E-state index in [2.05, 4.69) is 16.0 Å². The van der Waals surface area contributed by atoms with Crippen LogP contribution in [0.5, 0.6) is 0 Å². The molecule has 0 amide bonds. The van der Waals surface area contributed by atoms with Gasteiger partial charge in [-0.05, 0) is 54.7 Å². The van der Waals surface area contributed by atoms with Crippen molar-refractivity contribution >= 4 is 29.2 Å². The monoisotopic (exact) mass is 320 g/mol. The zero-order valence-electron chi connectivity index (χ0n) is 13.8. The van der Waals surface area contributed by atoms with Crippen LogP contribution in [0.4, 0.5) is 0 Å². The van der Waals surface area contributed by atoms with Crippen LogP contribution in [0, 0.1) is 13.8 Å². The lowest BCUT2D eigenvalue weighted by molar-refractivity contribution is -0.136. The highest BCUT2D eigenvalue weighted by molar-refractivity contribution is 5.84. The summed E-state index contributed by atoms with van der Waals surface area (Å²) in [5, 5.41) is 8.98. The van der Waals surface area contributed by atoms with E-state index in [0.717, 1.165) is 39.1 Å². The number of hydrogen-bond acceptors (Lipinski definition) is 2. The molecule has 0 unspecified atom stereocenters. The number of nitrogens with one attached hydrogen (secondary N) is 1. The fraction of sp³-hybridized carbons (Fsp3) is 0.200. The first-order chi connectivity index (χ1) is 11.5. The van der Waals surface area contributed by atoms with E-state index < -0.39 is 5.97 Å². The molecule has 24 heavy (non-hydrogen) atoms. The molecule has 0 atom stereocenters. The molecule has 0 aliphatic carbocycles. The quantitative estimate of drug-likeness (QED) is 0.733. The van der Waals surface area contributed by atoms with Crippen molar-refractivity contribution in [3.05, 3.63) is 64.5 Å². The number of aromatic nitrogens is 2. The predicted molar refractivity (Wildman–Crippen MR) is 96.9 cm³/mol. The van der Waals surface area contributed by atoms with Crippen LogP contribution in [0.25, 0.3) is 23.2 Å². The molecule has 4 heteroatoms. The molecule has 0 fully saturated rings. The van der Waals surface area contributed by atoms with Gasteiger partial charge >= 0.3 is 5.97 Å². The molecule has 0 bridgehead atoms. The molecule has 122 valence electrons. The van der Waals surface area contributed by atoms with Crippen molar-refractivity contribution in [1.29, 1.82) is 0 Å². The average Bonchev–Trinajstić information content (AvgIpc) is 2.96. The summed E-state index contributed by atoms with van der Waals surface area (Å²) < 4.78 is 0. The van der Waals surface area contributed by atoms with Gasteiger partial charge in [0.1, 0.15) is 5.82 Å². The van der Waals surface area contributed by atoms with Gasteiger partial charge < -0.3 is 10.1 Å². The number of carbonyl (C=O) groups is 1. The maximum absolute atomic E-state index is 10.9. The molecular weight excluding hydrogens is 300 g/mol. The Morgan fingerprint density at radius 2 is 1.96 bits per heavy atom. The summed E-state index contributed by atoms with van der Waals surface area (Å²) in [7, 11) is 0. The molecule has 0 aliphatic heterocycles. The topological polar surface area (TPSA) is 66.0 Å². The van der Waals surface area contributed by atoms with Gasteiger partial charge in [0.05, 0.1) is 11.0 Å². The van der Waals surface area contributed by atoms with Gasteiger partial charge in [-0.25, -0.2) is 4.98 Å². The third-order valence-corrected chi connectivity index (χ3v) is 4.26. The van der Waals surface area contributed by atoms with Crippen LogP contribution < -0.4 is 0 Å². The fourth-order valence-corrected chi connectivity index (χ4v) is 2.84. The SMILES string of the molecule is Cc1cc2[nH]c(/C=C/c3ccccc3)nc2c(CCC(=O)O)c1C. The van der Waals surface area contributed by atoms with Gasteiger partial charge in [-0.15, -0.1) is 0 Å². The van der Waals surface area contributed by atoms with Crippen LogP contribution in [0.15, 0.2) is 36.4 Å². The summed E-state index contributed by atoms with van der Waals surface area (Å²) in [6, 6.07) is 12.1. The normalized spacial score (nSPS) is 11.4. The number of nitrogens with zero attached hydrogens (tertiary/aromatic N) is 1. The zero-order chi connectivity index (χ0) is 17.1. The van der Waals surface area contributed by atoms with E-state index in [1.807, 2.05) is 56.3 Å². The highest BCUT2D eigenvalue weighted by Crippen LogP contribution is 2.25. The van der Waals surface area contributed by atoms with Crippen molar-refractivity contribution in [1.82, 2.24) is 9.97 Å². The van der Waals surface area contributed by atoms with Gasteiger partial charge in [-0.2, -0.15) is 0 Å². The number of aliphatic carboxylic acids is 1. The number of benzene rings is 2. The zero-order valence-corrected chi connectivity index (χ0v) is 13.8. The summed E-state index contributed by atoms with van der Waals surface area (Å²) in [4.78, 5) is 18.9. The minimum absolute atomic E-state index is 0.113. The molecule has 2 N–H and O–H groups in total. The van der Waals surface area contributed by atoms with Crippen molar-refractivity contribution in [2.24, 2.45) is 0 Å². The Kier molecular flexibility index (Phi) is 4.47. The molecular formula is C20H20N2O2. The van der Waals surface area contributed by atoms with E-state index in [0.29, 0.717) is 6.42 Å². The minimum atomic E-state index is -0.788. The third kappa shape index (κ3) is 3.38. The number of rotatable bonds is 5. The molecule has 1 aromatic heterocycles. The van der Waals surface area contributed by atoms with Crippen molar-refractivity contribution in [3.63, 3.8) is 0 Å². The number of H-pyrrole nitrogens is 1. The molecule has 3 rings (SSSR count). The fourth-order valence-electron chi connectivity index (χ4n) is 2.84. The number of carboxylic acid groups (broad SMARTS) is 1. The molecule has 0 aliphatic rings. The van der Waals surface area contributed by atoms with Crippen LogP contribution in [0.1, 0.15) is 34.5 Å². The highest BCUT2D eigenvalue weighted by Gasteiger charge is 2.13. The Bertz CT molecular complexity index is 908. The van der Waals surface area contributed by atoms with Crippen LogP contribution in [-0.4, -0.2) is 21.0 Å². The number of fused-ring (bicyclic) bond motifs is 1. The second kappa shape index (κ2) is 6.71. The first-order valence-electron chi connectivity index (χ1n) is 7.98. The lowest BCUT2D eigenvalue weighted by Gasteiger charge is -2.08. The van der Waals surface area contributed by atoms with Crippen LogP contribution in [-0.2, 0) is 11.2 Å². The summed E-state index contributed by atoms with van der Waals surface area (Å²) >= 11 is 0. The Morgan fingerprint density at radius 3 is 2.67 bits per heavy atom. The third-order valence-electron chi connectivity index (χ3n) is 4.26. The first kappa shape index (κ1) is 16.0. The minimum Gasteiger partial charge on any atom is -0.481 e. The Labute approximate surface area is 140 Å². The van der Waals surface area contributed by atoms with Gasteiger partial charge in [0.25, 0.3) is 0 Å². The van der Waals surface area contributed by atoms with Crippen molar-refractivity contribution < 1.29 is 9.90 Å². The van der Waals surface area contributed by atoms with Crippen molar-refractivity contribution in [3.8, 4) is 0 Å². The lowest BCUT2D eigenvalue weighted by atomic mass is 9.98. The molecule has 0 spiro atoms. The molecule has 1 heterocycles. The first-order valence-corrected chi connectivity index (χ1v) is 7.98. The van der Waals surface area contributed by atoms with Crippen LogP contribution in [0.3, 0.4) is 0 Å². The van der Waals surface area contributed by atoms with Gasteiger partial charge in [0.15, 0.2) is 0 Å². The largest absolute Gasteiger partial charge is 0.481 e. The van der Waals surface area contributed by atoms with Crippen LogP contribution >= 0.6 is 0 Å². The maximum atomic E-state index is 10.9. The van der Waals surface area contributed by atoms with E-state index >= 15 is 0 Å². The molecule has 4 nitrogen and oxygen atoms in total. The summed E-state index contributed by atoms with van der Waals surface area (Å²) in [5.41, 5.74) is 6.21. The summed E-state index contributed by atoms with van der Waals surface area (Å²) in [5.74, 6) is -0.0146. The van der Waals surface area contributed by atoms with E-state index in [1.165, 1.54) is 0 Å². The molecule has 3 aromatic rings. The Morgan fingerprint density at radius 1 is 1.21 bits per heavy atom. The second-order valence-corrected chi connectivity index (χ2v) is 5.95. The van der Waals surface area contributed by atoms with E-state index in [-0.39, 0.29) is 6.42 Å². The Balaban J connectivity index is 1.99. The number of imidazole rings is 1. The van der Waals surface area contributed by atoms with Crippen molar-refractivity contribution in [2.45, 2.75) is 26.7 Å². The van der Waals surface area contributed by atoms with E-state index in [1.54, 1.807) is 0 Å². The van der Waals surface area contributed by atoms with E-state index in [9.17, 15) is 4.79 Å². The molecule has 0 saturated heterocycles. The lowest BCUT2D eigenvalue weighted by Crippen LogP contribution is -2.01. The summed E-state index contributed by atoms with van der Waals surface area (Å²) in [6.45, 7) is 4.07. The number of aromatic amines is 1. The number of carboxylic acids is 1. The Hall–Kier alpha value is -2.88. The standard InChI is InChI=1S/C20H20N2O2/c1-13-12-17-20(16(14(13)2)9-11-19(23)24)22-18(21-17)10-8-15-6-4-3-5-7-15/h3-8,10,12H,9,11H2,1-2H3,(H,21,22)(H,23,24)/b10-8+. The van der Waals surface area contributed by atoms with Gasteiger partial charge in [0, 0.05) is 6.42 Å². The molecule has 0 saturated carbocycles. The van der Waals surface area contributed by atoms with Crippen molar-refractivity contribution in [2.75, 3.05) is 0 Å². The molecule has 0 radical (unpaired) electrons. The van der Waals surface area contributed by atoms with E-state index in [4.69, 9.17) is 5.11 Å². The highest BCUT2D eigenvalue weighted by atomic mass is 16.4. The predicted octanol–water partition coefficient (Wildman–Crippen LogP) is 4.37. The number of hydrogen-bond donors (Lipinski definition) is 2. The van der Waals surface area contributed by atoms with Gasteiger partial charge in [0.2, 0.25) is 0 Å². The van der Waals surface area contributed by atoms with Gasteiger partial charge in [-0.1, -0.05) is 36.4 Å². The average molecular weight is 320 g/mol. The van der Waals surface area contributed by atoms with Crippen LogP contribution in [0.2, 0.25) is 0 Å². The smallest absolute Gasteiger partial charge is 0.303 e.